The molecule has 0 aliphatic heterocycles. The molecule has 17 heavy (non-hydrogen) atoms. The summed E-state index contributed by atoms with van der Waals surface area (Å²) in [4.78, 5) is 4.21. The topological polar surface area (TPSA) is 39.1 Å². The van der Waals surface area contributed by atoms with E-state index in [9.17, 15) is 0 Å². The van der Waals surface area contributed by atoms with Gasteiger partial charge in [0.1, 0.15) is 0 Å². The van der Waals surface area contributed by atoms with Gasteiger partial charge in [0, 0.05) is 19.3 Å². The predicted octanol–water partition coefficient (Wildman–Crippen LogP) is 2.20. The highest BCUT2D eigenvalue weighted by atomic mass is 16.5. The maximum absolute atomic E-state index is 5.71. The lowest BCUT2D eigenvalue weighted by atomic mass is 10.1. The summed E-state index contributed by atoms with van der Waals surface area (Å²) in [6.45, 7) is 11.9. The molecule has 0 amide bonds. The van der Waals surface area contributed by atoms with Gasteiger partial charge < -0.3 is 14.6 Å². The van der Waals surface area contributed by atoms with Crippen molar-refractivity contribution in [3.8, 4) is 0 Å². The zero-order valence-corrected chi connectivity index (χ0v) is 11.5. The summed E-state index contributed by atoms with van der Waals surface area (Å²) in [6.07, 6.45) is 4.95. The Kier molecular flexibility index (Phi) is 5.65. The summed E-state index contributed by atoms with van der Waals surface area (Å²) in [5.74, 6) is 0. The molecule has 0 aliphatic rings. The fourth-order valence-corrected chi connectivity index (χ4v) is 1.88. The average Bonchev–Trinajstić information content (AvgIpc) is 2.65. The van der Waals surface area contributed by atoms with E-state index < -0.39 is 0 Å². The smallest absolute Gasteiger partial charge is 0.0949 e. The van der Waals surface area contributed by atoms with Crippen molar-refractivity contribution >= 4 is 0 Å². The number of rotatable bonds is 8. The highest BCUT2D eigenvalue weighted by molar-refractivity contribution is 4.99. The van der Waals surface area contributed by atoms with Crippen molar-refractivity contribution < 1.29 is 4.74 Å². The first-order valence-electron chi connectivity index (χ1n) is 6.42. The van der Waals surface area contributed by atoms with Crippen molar-refractivity contribution in [2.75, 3.05) is 13.2 Å². The Morgan fingerprint density at radius 3 is 2.82 bits per heavy atom. The van der Waals surface area contributed by atoms with Gasteiger partial charge in [-0.05, 0) is 33.7 Å². The van der Waals surface area contributed by atoms with Crippen LogP contribution in [-0.4, -0.2) is 28.3 Å². The molecule has 0 radical (unpaired) electrons. The first-order valence-corrected chi connectivity index (χ1v) is 6.42. The lowest BCUT2D eigenvalue weighted by Crippen LogP contribution is -2.31. The van der Waals surface area contributed by atoms with Crippen molar-refractivity contribution in [1.29, 1.82) is 0 Å². The largest absolute Gasteiger partial charge is 0.374 e. The highest BCUT2D eigenvalue weighted by Crippen LogP contribution is 2.14. The summed E-state index contributed by atoms with van der Waals surface area (Å²) in [5.41, 5.74) is 1.07. The normalized spacial score (nSPS) is 12.0. The Hall–Kier alpha value is -0.870. The van der Waals surface area contributed by atoms with Crippen LogP contribution in [0, 0.1) is 0 Å². The van der Waals surface area contributed by atoms with Crippen LogP contribution >= 0.6 is 0 Å². The summed E-state index contributed by atoms with van der Waals surface area (Å²) in [6, 6.07) is 0. The molecule has 1 aromatic rings. The Bertz CT molecular complexity index is 320. The van der Waals surface area contributed by atoms with Gasteiger partial charge in [-0.15, -0.1) is 0 Å². The molecule has 1 N–H and O–H groups in total. The van der Waals surface area contributed by atoms with Gasteiger partial charge in [-0.3, -0.25) is 0 Å². The zero-order chi connectivity index (χ0) is 12.7. The SMILES string of the molecule is CCCNCc1cncn1CC(C)(C)OCC. The molecule has 0 fully saturated rings. The van der Waals surface area contributed by atoms with Crippen molar-refractivity contribution in [3.05, 3.63) is 18.2 Å². The molecule has 0 aliphatic carbocycles. The van der Waals surface area contributed by atoms with Crippen molar-refractivity contribution in [3.63, 3.8) is 0 Å². The minimum Gasteiger partial charge on any atom is -0.374 e. The van der Waals surface area contributed by atoms with Gasteiger partial charge in [-0.1, -0.05) is 6.92 Å². The molecule has 0 atom stereocenters. The van der Waals surface area contributed by atoms with E-state index in [1.165, 1.54) is 5.69 Å². The number of hydrogen-bond acceptors (Lipinski definition) is 3. The van der Waals surface area contributed by atoms with E-state index in [-0.39, 0.29) is 5.60 Å². The molecule has 0 spiro atoms. The van der Waals surface area contributed by atoms with Crippen LogP contribution in [0.25, 0.3) is 0 Å². The molecule has 0 unspecified atom stereocenters. The molecule has 0 bridgehead atoms. The van der Waals surface area contributed by atoms with Crippen molar-refractivity contribution in [2.45, 2.75) is 52.8 Å². The molecule has 4 heteroatoms. The fraction of sp³-hybridized carbons (Fsp3) is 0.769. The molecular formula is C13H25N3O. The molecule has 1 rings (SSSR count). The van der Waals surface area contributed by atoms with Crippen molar-refractivity contribution in [2.24, 2.45) is 0 Å². The first kappa shape index (κ1) is 14.2. The van der Waals surface area contributed by atoms with Crippen LogP contribution in [0.15, 0.2) is 12.5 Å². The van der Waals surface area contributed by atoms with Crippen LogP contribution in [0.5, 0.6) is 0 Å². The van der Waals surface area contributed by atoms with Crippen molar-refractivity contribution in [1.82, 2.24) is 14.9 Å². The number of aromatic nitrogens is 2. The lowest BCUT2D eigenvalue weighted by Gasteiger charge is -2.26. The van der Waals surface area contributed by atoms with Gasteiger partial charge in [0.25, 0.3) is 0 Å². The third kappa shape index (κ3) is 4.88. The summed E-state index contributed by atoms with van der Waals surface area (Å²) in [7, 11) is 0. The third-order valence-corrected chi connectivity index (χ3v) is 2.62. The molecule has 0 saturated heterocycles. The second kappa shape index (κ2) is 6.77. The number of hydrogen-bond donors (Lipinski definition) is 1. The van der Waals surface area contributed by atoms with E-state index >= 15 is 0 Å². The molecule has 98 valence electrons. The molecule has 0 saturated carbocycles. The van der Waals surface area contributed by atoms with Gasteiger partial charge in [0.2, 0.25) is 0 Å². The van der Waals surface area contributed by atoms with Crippen LogP contribution in [0.2, 0.25) is 0 Å². The molecule has 4 nitrogen and oxygen atoms in total. The van der Waals surface area contributed by atoms with Gasteiger partial charge in [-0.25, -0.2) is 4.98 Å². The molecule has 1 aromatic heterocycles. The fourth-order valence-electron chi connectivity index (χ4n) is 1.88. The summed E-state index contributed by atoms with van der Waals surface area (Å²) >= 11 is 0. The second-order valence-electron chi connectivity index (χ2n) is 4.88. The number of nitrogens with zero attached hydrogens (tertiary/aromatic N) is 2. The Labute approximate surface area is 104 Å². The van der Waals surface area contributed by atoms with E-state index in [0.717, 1.165) is 32.7 Å². The number of imidazole rings is 1. The minimum absolute atomic E-state index is 0.144. The van der Waals surface area contributed by atoms with Gasteiger partial charge in [-0.2, -0.15) is 0 Å². The Morgan fingerprint density at radius 2 is 2.18 bits per heavy atom. The number of nitrogens with one attached hydrogen (secondary N) is 1. The second-order valence-corrected chi connectivity index (χ2v) is 4.88. The Balaban J connectivity index is 2.56. The molecular weight excluding hydrogens is 214 g/mol. The van der Waals surface area contributed by atoms with E-state index in [4.69, 9.17) is 4.74 Å². The first-order chi connectivity index (χ1) is 8.09. The minimum atomic E-state index is -0.144. The van der Waals surface area contributed by atoms with Crippen LogP contribution in [-0.2, 0) is 17.8 Å². The van der Waals surface area contributed by atoms with E-state index in [0.29, 0.717) is 0 Å². The lowest BCUT2D eigenvalue weighted by molar-refractivity contribution is -0.0229. The summed E-state index contributed by atoms with van der Waals surface area (Å²) < 4.78 is 7.88. The van der Waals surface area contributed by atoms with E-state index in [2.05, 4.69) is 35.6 Å². The van der Waals surface area contributed by atoms with E-state index in [1.54, 1.807) is 0 Å². The zero-order valence-electron chi connectivity index (χ0n) is 11.5. The summed E-state index contributed by atoms with van der Waals surface area (Å²) in [5, 5.41) is 3.39. The average molecular weight is 239 g/mol. The van der Waals surface area contributed by atoms with Crippen LogP contribution in [0.1, 0.15) is 39.8 Å². The van der Waals surface area contributed by atoms with Crippen LogP contribution < -0.4 is 5.32 Å². The van der Waals surface area contributed by atoms with Gasteiger partial charge in [0.15, 0.2) is 0 Å². The maximum Gasteiger partial charge on any atom is 0.0949 e. The highest BCUT2D eigenvalue weighted by Gasteiger charge is 2.19. The van der Waals surface area contributed by atoms with Gasteiger partial charge >= 0.3 is 0 Å². The third-order valence-electron chi connectivity index (χ3n) is 2.62. The molecule has 1 heterocycles. The number of ether oxygens (including phenoxy) is 1. The molecule has 0 aromatic carbocycles. The maximum atomic E-state index is 5.71. The Morgan fingerprint density at radius 1 is 1.41 bits per heavy atom. The van der Waals surface area contributed by atoms with Crippen LogP contribution in [0.4, 0.5) is 0 Å². The standard InChI is InChI=1S/C13H25N3O/c1-5-7-14-8-12-9-15-11-16(12)10-13(3,4)17-6-2/h9,11,14H,5-8,10H2,1-4H3. The van der Waals surface area contributed by atoms with Gasteiger partial charge in [0.05, 0.1) is 24.2 Å². The monoisotopic (exact) mass is 239 g/mol. The van der Waals surface area contributed by atoms with E-state index in [1.807, 2.05) is 19.4 Å². The van der Waals surface area contributed by atoms with Crippen LogP contribution in [0.3, 0.4) is 0 Å². The predicted molar refractivity (Wildman–Crippen MR) is 69.9 cm³/mol. The quantitative estimate of drug-likeness (QED) is 0.707.